The van der Waals surface area contributed by atoms with Crippen molar-refractivity contribution in [2.24, 2.45) is 5.10 Å². The number of aromatic nitrogens is 1. The van der Waals surface area contributed by atoms with Gasteiger partial charge in [0.05, 0.1) is 32.4 Å². The minimum absolute atomic E-state index is 0.446. The summed E-state index contributed by atoms with van der Waals surface area (Å²) in [6, 6.07) is 22.2. The minimum atomic E-state index is 0.446. The van der Waals surface area contributed by atoms with Crippen LogP contribution in [0.3, 0.4) is 0 Å². The molecule has 0 unspecified atom stereocenters. The Bertz CT molecular complexity index is 913. The lowest BCUT2D eigenvalue weighted by atomic mass is 10.0. The Morgan fingerprint density at radius 2 is 1.56 bits per heavy atom. The Morgan fingerprint density at radius 3 is 2.19 bits per heavy atom. The van der Waals surface area contributed by atoms with E-state index in [1.54, 1.807) is 11.1 Å². The first kappa shape index (κ1) is 16.2. The van der Waals surface area contributed by atoms with Gasteiger partial charge in [0.15, 0.2) is 0 Å². The molecule has 0 atom stereocenters. The molecule has 0 spiro atoms. The molecule has 2 heterocycles. The highest BCUT2D eigenvalue weighted by Crippen LogP contribution is 2.41. The largest absolute Gasteiger partial charge is 0.322 e. The second kappa shape index (κ2) is 6.97. The zero-order chi connectivity index (χ0) is 18.1. The van der Waals surface area contributed by atoms with Gasteiger partial charge in [-0.25, -0.2) is 0 Å². The van der Waals surface area contributed by atoms with Crippen molar-refractivity contribution in [1.82, 2.24) is 9.99 Å². The molecule has 134 valence electrons. The van der Waals surface area contributed by atoms with Crippen LogP contribution in [-0.2, 0) is 0 Å². The lowest BCUT2D eigenvalue weighted by Gasteiger charge is -2.34. The summed E-state index contributed by atoms with van der Waals surface area (Å²) in [4.78, 5) is 5.78. The van der Waals surface area contributed by atoms with Gasteiger partial charge in [-0.2, -0.15) is 5.10 Å². The van der Waals surface area contributed by atoms with Crippen molar-refractivity contribution in [1.29, 1.82) is 0 Å². The number of fused-ring (bicyclic) bond motifs is 3. The topological polar surface area (TPSA) is 32.9 Å². The molecule has 2 aliphatic rings. The van der Waals surface area contributed by atoms with Crippen molar-refractivity contribution in [2.45, 2.75) is 6.04 Å². The molecule has 1 N–H and O–H groups in total. The van der Waals surface area contributed by atoms with Crippen molar-refractivity contribution in [3.05, 3.63) is 89.7 Å². The maximum absolute atomic E-state index is 4.66. The van der Waals surface area contributed by atoms with Crippen LogP contribution in [0.15, 0.2) is 78.2 Å². The molecule has 2 aromatic carbocycles. The molecule has 1 saturated heterocycles. The summed E-state index contributed by atoms with van der Waals surface area (Å²) in [6.07, 6.45) is 5.55. The number of quaternary nitrogens is 1. The smallest absolute Gasteiger partial charge is 0.140 e. The minimum Gasteiger partial charge on any atom is -0.322 e. The lowest BCUT2D eigenvalue weighted by Crippen LogP contribution is -3.14. The van der Waals surface area contributed by atoms with Gasteiger partial charge >= 0.3 is 0 Å². The molecule has 0 bridgehead atoms. The van der Waals surface area contributed by atoms with E-state index < -0.39 is 0 Å². The highest BCUT2D eigenvalue weighted by Gasteiger charge is 2.37. The van der Waals surface area contributed by atoms with Gasteiger partial charge in [-0.05, 0) is 17.2 Å². The van der Waals surface area contributed by atoms with Crippen molar-refractivity contribution in [3.63, 3.8) is 0 Å². The predicted octanol–water partition coefficient (Wildman–Crippen LogP) is 2.39. The number of rotatable bonds is 3. The van der Waals surface area contributed by atoms with E-state index in [1.807, 2.05) is 24.5 Å². The third-order valence-corrected chi connectivity index (χ3v) is 5.68. The van der Waals surface area contributed by atoms with Crippen LogP contribution in [0.5, 0.6) is 0 Å². The SMILES string of the molecule is C(=N\N1CC[NH+](C2c3ccccc3-c3ccccc32)CC1)/c1cccnc1. The fraction of sp³-hybridized carbons (Fsp3) is 0.217. The highest BCUT2D eigenvalue weighted by atomic mass is 15.5. The summed E-state index contributed by atoms with van der Waals surface area (Å²) >= 11 is 0. The summed E-state index contributed by atoms with van der Waals surface area (Å²) in [5.74, 6) is 0. The van der Waals surface area contributed by atoms with E-state index >= 15 is 0 Å². The molecule has 1 aliphatic carbocycles. The van der Waals surface area contributed by atoms with Crippen LogP contribution in [0, 0.1) is 0 Å². The van der Waals surface area contributed by atoms with E-state index in [4.69, 9.17) is 0 Å². The molecule has 0 radical (unpaired) electrons. The first-order chi connectivity index (χ1) is 13.4. The van der Waals surface area contributed by atoms with Gasteiger partial charge in [0, 0.05) is 29.1 Å². The fourth-order valence-electron chi connectivity index (χ4n) is 4.38. The molecule has 1 aromatic heterocycles. The Morgan fingerprint density at radius 1 is 0.889 bits per heavy atom. The van der Waals surface area contributed by atoms with E-state index in [0.29, 0.717) is 6.04 Å². The predicted molar refractivity (Wildman–Crippen MR) is 108 cm³/mol. The van der Waals surface area contributed by atoms with Crippen LogP contribution in [0.4, 0.5) is 0 Å². The van der Waals surface area contributed by atoms with Gasteiger partial charge in [-0.1, -0.05) is 54.6 Å². The number of nitrogens with one attached hydrogen (secondary N) is 1. The molecule has 1 fully saturated rings. The van der Waals surface area contributed by atoms with Gasteiger partial charge in [-0.3, -0.25) is 9.99 Å². The number of hydrazone groups is 1. The second-order valence-corrected chi connectivity index (χ2v) is 7.25. The average molecular weight is 355 g/mol. The molecule has 1 aliphatic heterocycles. The van der Waals surface area contributed by atoms with E-state index in [2.05, 4.69) is 63.6 Å². The van der Waals surface area contributed by atoms with Gasteiger partial charge in [0.1, 0.15) is 6.04 Å². The fourth-order valence-corrected chi connectivity index (χ4v) is 4.38. The van der Waals surface area contributed by atoms with Crippen molar-refractivity contribution in [3.8, 4) is 11.1 Å². The maximum Gasteiger partial charge on any atom is 0.140 e. The molecule has 27 heavy (non-hydrogen) atoms. The Hall–Kier alpha value is -2.98. The molecular weight excluding hydrogens is 332 g/mol. The zero-order valence-corrected chi connectivity index (χ0v) is 15.3. The van der Waals surface area contributed by atoms with E-state index in [-0.39, 0.29) is 0 Å². The number of benzene rings is 2. The zero-order valence-electron chi connectivity index (χ0n) is 15.3. The Labute approximate surface area is 159 Å². The van der Waals surface area contributed by atoms with Crippen molar-refractivity contribution < 1.29 is 4.90 Å². The van der Waals surface area contributed by atoms with E-state index in [1.165, 1.54) is 22.3 Å². The molecule has 0 amide bonds. The molecule has 5 rings (SSSR count). The van der Waals surface area contributed by atoms with Gasteiger partial charge in [0.2, 0.25) is 0 Å². The van der Waals surface area contributed by atoms with E-state index in [0.717, 1.165) is 31.7 Å². The summed E-state index contributed by atoms with van der Waals surface area (Å²) in [5, 5.41) is 6.84. The summed E-state index contributed by atoms with van der Waals surface area (Å²) in [6.45, 7) is 4.15. The van der Waals surface area contributed by atoms with Gasteiger partial charge < -0.3 is 4.90 Å². The highest BCUT2D eigenvalue weighted by molar-refractivity contribution is 5.79. The number of pyridine rings is 1. The van der Waals surface area contributed by atoms with E-state index in [9.17, 15) is 0 Å². The summed E-state index contributed by atoms with van der Waals surface area (Å²) < 4.78 is 0. The molecule has 3 aromatic rings. The molecule has 0 saturated carbocycles. The monoisotopic (exact) mass is 355 g/mol. The first-order valence-electron chi connectivity index (χ1n) is 9.62. The van der Waals surface area contributed by atoms with Crippen LogP contribution < -0.4 is 4.90 Å². The van der Waals surface area contributed by atoms with Crippen LogP contribution in [-0.4, -0.2) is 42.4 Å². The Balaban J connectivity index is 1.33. The number of hydrogen-bond acceptors (Lipinski definition) is 3. The normalized spacial score (nSPS) is 17.3. The van der Waals surface area contributed by atoms with Crippen molar-refractivity contribution in [2.75, 3.05) is 26.2 Å². The van der Waals surface area contributed by atoms with Gasteiger partial charge in [0.25, 0.3) is 0 Å². The lowest BCUT2D eigenvalue weighted by molar-refractivity contribution is -0.929. The number of hydrogen-bond donors (Lipinski definition) is 1. The quantitative estimate of drug-likeness (QED) is 0.732. The number of piperazine rings is 1. The van der Waals surface area contributed by atoms with Crippen LogP contribution in [0.25, 0.3) is 11.1 Å². The van der Waals surface area contributed by atoms with Crippen molar-refractivity contribution >= 4 is 6.21 Å². The summed E-state index contributed by atoms with van der Waals surface area (Å²) in [7, 11) is 0. The third-order valence-electron chi connectivity index (χ3n) is 5.68. The summed E-state index contributed by atoms with van der Waals surface area (Å²) in [5.41, 5.74) is 6.80. The average Bonchev–Trinajstić information content (AvgIpc) is 3.08. The third kappa shape index (κ3) is 3.02. The first-order valence-corrected chi connectivity index (χ1v) is 9.62. The standard InChI is InChI=1S/C23H22N4/c1-3-9-21-19(7-1)20-8-2-4-10-22(20)23(21)26-12-14-27(15-13-26)25-17-18-6-5-11-24-16-18/h1-11,16-17,23H,12-15H2/p+1/b25-17+. The second-order valence-electron chi connectivity index (χ2n) is 7.25. The molecule has 4 nitrogen and oxygen atoms in total. The Kier molecular flexibility index (Phi) is 4.18. The van der Waals surface area contributed by atoms with Crippen LogP contribution >= 0.6 is 0 Å². The van der Waals surface area contributed by atoms with Crippen LogP contribution in [0.1, 0.15) is 22.7 Å². The van der Waals surface area contributed by atoms with Crippen LogP contribution in [0.2, 0.25) is 0 Å². The molecular formula is C23H23N4+. The van der Waals surface area contributed by atoms with Gasteiger partial charge in [-0.15, -0.1) is 0 Å². The number of nitrogens with zero attached hydrogens (tertiary/aromatic N) is 3. The molecule has 4 heteroatoms. The maximum atomic E-state index is 4.66.